The Morgan fingerprint density at radius 2 is 2.17 bits per heavy atom. The molecule has 0 saturated heterocycles. The van der Waals surface area contributed by atoms with Crippen LogP contribution in [0.1, 0.15) is 15.9 Å². The number of hydrazine groups is 1. The molecule has 1 aromatic rings. The lowest BCUT2D eigenvalue weighted by atomic mass is 10.1. The number of amides is 1. The SMILES string of the molecule is Cc1cc(C(=O)NN)ccc1N. The van der Waals surface area contributed by atoms with Crippen LogP contribution in [0.2, 0.25) is 0 Å². The third-order valence-electron chi connectivity index (χ3n) is 1.66. The molecule has 64 valence electrons. The third-order valence-corrected chi connectivity index (χ3v) is 1.66. The molecule has 0 fully saturated rings. The topological polar surface area (TPSA) is 81.1 Å². The molecule has 0 saturated carbocycles. The summed E-state index contributed by atoms with van der Waals surface area (Å²) in [5, 5.41) is 0. The fraction of sp³-hybridized carbons (Fsp3) is 0.125. The largest absolute Gasteiger partial charge is 0.399 e. The molecule has 0 aliphatic carbocycles. The highest BCUT2D eigenvalue weighted by atomic mass is 16.2. The number of nitrogen functional groups attached to an aromatic ring is 2. The van der Waals surface area contributed by atoms with Crippen molar-refractivity contribution >= 4 is 11.6 Å². The molecule has 4 nitrogen and oxygen atoms in total. The smallest absolute Gasteiger partial charge is 0.265 e. The number of carbonyl (C=O) groups is 1. The highest BCUT2D eigenvalue weighted by Gasteiger charge is 2.03. The Morgan fingerprint density at radius 1 is 1.50 bits per heavy atom. The van der Waals surface area contributed by atoms with Gasteiger partial charge in [0.15, 0.2) is 0 Å². The van der Waals surface area contributed by atoms with Gasteiger partial charge in [-0.15, -0.1) is 0 Å². The van der Waals surface area contributed by atoms with E-state index in [1.807, 2.05) is 12.3 Å². The lowest BCUT2D eigenvalue weighted by Crippen LogP contribution is -2.29. The second kappa shape index (κ2) is 3.23. The Bertz CT molecular complexity index is 309. The molecule has 1 amide bonds. The maximum atomic E-state index is 11.0. The standard InChI is InChI=1S/C8H11N3O/c1-5-4-6(8(12)11-10)2-3-7(5)9/h2-4H,9-10H2,1H3,(H,11,12). The molecule has 5 N–H and O–H groups in total. The van der Waals surface area contributed by atoms with E-state index in [9.17, 15) is 4.79 Å². The maximum absolute atomic E-state index is 11.0. The first-order valence-electron chi connectivity index (χ1n) is 3.52. The van der Waals surface area contributed by atoms with Gasteiger partial charge in [0.25, 0.3) is 5.91 Å². The molecule has 0 heterocycles. The van der Waals surface area contributed by atoms with Gasteiger partial charge < -0.3 is 5.73 Å². The van der Waals surface area contributed by atoms with Crippen molar-refractivity contribution in [3.63, 3.8) is 0 Å². The van der Waals surface area contributed by atoms with E-state index in [0.29, 0.717) is 11.3 Å². The van der Waals surface area contributed by atoms with Gasteiger partial charge >= 0.3 is 0 Å². The van der Waals surface area contributed by atoms with Gasteiger partial charge in [-0.25, -0.2) is 5.84 Å². The van der Waals surface area contributed by atoms with Crippen LogP contribution in [0.15, 0.2) is 18.2 Å². The number of aryl methyl sites for hydroxylation is 1. The summed E-state index contributed by atoms with van der Waals surface area (Å²) in [6.07, 6.45) is 0. The monoisotopic (exact) mass is 165 g/mol. The van der Waals surface area contributed by atoms with E-state index in [-0.39, 0.29) is 5.91 Å². The van der Waals surface area contributed by atoms with Gasteiger partial charge in [-0.2, -0.15) is 0 Å². The van der Waals surface area contributed by atoms with Crippen molar-refractivity contribution in [2.45, 2.75) is 6.92 Å². The van der Waals surface area contributed by atoms with Crippen molar-refractivity contribution in [2.24, 2.45) is 5.84 Å². The molecule has 0 aromatic heterocycles. The van der Waals surface area contributed by atoms with Crippen LogP contribution in [-0.2, 0) is 0 Å². The quantitative estimate of drug-likeness (QED) is 0.240. The van der Waals surface area contributed by atoms with E-state index in [1.165, 1.54) is 0 Å². The van der Waals surface area contributed by atoms with Crippen molar-refractivity contribution in [2.75, 3.05) is 5.73 Å². The molecular weight excluding hydrogens is 154 g/mol. The minimum absolute atomic E-state index is 0.307. The lowest BCUT2D eigenvalue weighted by molar-refractivity contribution is 0.0953. The zero-order valence-electron chi connectivity index (χ0n) is 6.79. The summed E-state index contributed by atoms with van der Waals surface area (Å²) in [7, 11) is 0. The number of benzene rings is 1. The van der Waals surface area contributed by atoms with Gasteiger partial charge in [0.05, 0.1) is 0 Å². The van der Waals surface area contributed by atoms with E-state index in [4.69, 9.17) is 11.6 Å². The number of anilines is 1. The van der Waals surface area contributed by atoms with Crippen LogP contribution >= 0.6 is 0 Å². The second-order valence-electron chi connectivity index (χ2n) is 2.54. The summed E-state index contributed by atoms with van der Waals surface area (Å²) >= 11 is 0. The molecule has 0 aliphatic heterocycles. The van der Waals surface area contributed by atoms with E-state index >= 15 is 0 Å². The summed E-state index contributed by atoms with van der Waals surface area (Å²) in [4.78, 5) is 11.0. The Hall–Kier alpha value is -1.55. The zero-order valence-corrected chi connectivity index (χ0v) is 6.79. The zero-order chi connectivity index (χ0) is 9.14. The van der Waals surface area contributed by atoms with Gasteiger partial charge in [-0.3, -0.25) is 10.2 Å². The number of rotatable bonds is 1. The molecule has 0 spiro atoms. The Balaban J connectivity index is 3.05. The summed E-state index contributed by atoms with van der Waals surface area (Å²) in [5.41, 5.74) is 9.67. The van der Waals surface area contributed by atoms with Crippen LogP contribution < -0.4 is 17.0 Å². The summed E-state index contributed by atoms with van der Waals surface area (Å²) < 4.78 is 0. The predicted molar refractivity (Wildman–Crippen MR) is 47.2 cm³/mol. The lowest BCUT2D eigenvalue weighted by Gasteiger charge is -2.02. The van der Waals surface area contributed by atoms with Crippen LogP contribution in [0, 0.1) is 6.92 Å². The number of carbonyl (C=O) groups excluding carboxylic acids is 1. The van der Waals surface area contributed by atoms with Gasteiger partial charge in [-0.05, 0) is 30.7 Å². The number of nitrogens with one attached hydrogen (secondary N) is 1. The van der Waals surface area contributed by atoms with Crippen LogP contribution in [0.3, 0.4) is 0 Å². The maximum Gasteiger partial charge on any atom is 0.265 e. The first-order valence-corrected chi connectivity index (χ1v) is 3.52. The van der Waals surface area contributed by atoms with Crippen molar-refractivity contribution in [1.29, 1.82) is 0 Å². The van der Waals surface area contributed by atoms with E-state index in [2.05, 4.69) is 0 Å². The van der Waals surface area contributed by atoms with Crippen molar-refractivity contribution in [3.8, 4) is 0 Å². The first kappa shape index (κ1) is 8.55. The molecule has 0 radical (unpaired) electrons. The summed E-state index contributed by atoms with van der Waals surface area (Å²) in [6.45, 7) is 1.84. The highest BCUT2D eigenvalue weighted by Crippen LogP contribution is 2.11. The van der Waals surface area contributed by atoms with Gasteiger partial charge in [0.2, 0.25) is 0 Å². The van der Waals surface area contributed by atoms with Crippen LogP contribution in [0.5, 0.6) is 0 Å². The first-order chi connectivity index (χ1) is 5.65. The van der Waals surface area contributed by atoms with Gasteiger partial charge in [-0.1, -0.05) is 0 Å². The van der Waals surface area contributed by atoms with Gasteiger partial charge in [0, 0.05) is 11.3 Å². The Morgan fingerprint density at radius 3 is 2.67 bits per heavy atom. The molecule has 1 aromatic carbocycles. The van der Waals surface area contributed by atoms with Crippen LogP contribution in [-0.4, -0.2) is 5.91 Å². The number of hydrogen-bond donors (Lipinski definition) is 3. The molecule has 0 unspecified atom stereocenters. The summed E-state index contributed by atoms with van der Waals surface area (Å²) in [6, 6.07) is 5.00. The van der Waals surface area contributed by atoms with Crippen LogP contribution in [0.25, 0.3) is 0 Å². The van der Waals surface area contributed by atoms with Crippen molar-refractivity contribution < 1.29 is 4.79 Å². The molecule has 1 rings (SSSR count). The van der Waals surface area contributed by atoms with Crippen molar-refractivity contribution in [1.82, 2.24) is 5.43 Å². The predicted octanol–water partition coefficient (Wildman–Crippen LogP) is 0.181. The van der Waals surface area contributed by atoms with E-state index < -0.39 is 0 Å². The molecular formula is C8H11N3O. The highest BCUT2D eigenvalue weighted by molar-refractivity contribution is 5.94. The molecule has 12 heavy (non-hydrogen) atoms. The van der Waals surface area contributed by atoms with E-state index in [0.717, 1.165) is 5.56 Å². The average molecular weight is 165 g/mol. The Kier molecular flexibility index (Phi) is 2.30. The molecule has 0 aliphatic rings. The number of hydrogen-bond acceptors (Lipinski definition) is 3. The third kappa shape index (κ3) is 1.54. The average Bonchev–Trinajstić information content (AvgIpc) is 2.08. The van der Waals surface area contributed by atoms with Crippen molar-refractivity contribution in [3.05, 3.63) is 29.3 Å². The normalized spacial score (nSPS) is 9.50. The fourth-order valence-electron chi connectivity index (χ4n) is 0.900. The van der Waals surface area contributed by atoms with Gasteiger partial charge in [0.1, 0.15) is 0 Å². The molecule has 0 bridgehead atoms. The number of nitrogens with two attached hydrogens (primary N) is 2. The molecule has 4 heteroatoms. The van der Waals surface area contributed by atoms with E-state index in [1.54, 1.807) is 18.2 Å². The molecule has 0 atom stereocenters. The minimum atomic E-state index is -0.307. The van der Waals surface area contributed by atoms with Crippen LogP contribution in [0.4, 0.5) is 5.69 Å². The summed E-state index contributed by atoms with van der Waals surface area (Å²) in [5.74, 6) is 4.65. The second-order valence-corrected chi connectivity index (χ2v) is 2.54. The fourth-order valence-corrected chi connectivity index (χ4v) is 0.900. The minimum Gasteiger partial charge on any atom is -0.399 e. The Labute approximate surface area is 70.5 Å².